The van der Waals surface area contributed by atoms with Crippen molar-refractivity contribution in [3.63, 3.8) is 0 Å². The smallest absolute Gasteiger partial charge is 0.299 e. The number of carbonyl (C=O) groups excluding carboxylic acids is 3. The maximum Gasteiger partial charge on any atom is 0.299 e. The molecule has 20 heavy (non-hydrogen) atoms. The molecule has 1 heterocycles. The first-order valence-corrected chi connectivity index (χ1v) is 6.30. The molecule has 1 aromatic carbocycles. The maximum atomic E-state index is 12.0. The Morgan fingerprint density at radius 2 is 2.00 bits per heavy atom. The third-order valence-corrected chi connectivity index (χ3v) is 3.15. The molecule has 2 amide bonds. The van der Waals surface area contributed by atoms with E-state index in [2.05, 4.69) is 5.32 Å². The van der Waals surface area contributed by atoms with Gasteiger partial charge in [-0.25, -0.2) is 0 Å². The molecule has 0 atom stereocenters. The van der Waals surface area contributed by atoms with Gasteiger partial charge in [0.2, 0.25) is 5.91 Å². The minimum atomic E-state index is -0.687. The van der Waals surface area contributed by atoms with Gasteiger partial charge in [-0.2, -0.15) is 0 Å². The van der Waals surface area contributed by atoms with E-state index in [4.69, 9.17) is 5.11 Å². The highest BCUT2D eigenvalue weighted by Crippen LogP contribution is 2.32. The molecule has 2 N–H and O–H groups in total. The van der Waals surface area contributed by atoms with E-state index < -0.39 is 17.6 Å². The molecule has 6 nitrogen and oxygen atoms in total. The summed E-state index contributed by atoms with van der Waals surface area (Å²) in [5.41, 5.74) is 2.51. The first-order chi connectivity index (χ1) is 9.45. The van der Waals surface area contributed by atoms with Gasteiger partial charge in [0.15, 0.2) is 0 Å². The van der Waals surface area contributed by atoms with Crippen molar-refractivity contribution >= 4 is 23.3 Å². The molecule has 0 bridgehead atoms. The van der Waals surface area contributed by atoms with Crippen molar-refractivity contribution in [1.29, 1.82) is 0 Å². The number of hydrogen-bond acceptors (Lipinski definition) is 4. The van der Waals surface area contributed by atoms with Gasteiger partial charge in [-0.15, -0.1) is 0 Å². The topological polar surface area (TPSA) is 86.7 Å². The Kier molecular flexibility index (Phi) is 3.85. The van der Waals surface area contributed by atoms with Crippen molar-refractivity contribution in [3.8, 4) is 0 Å². The number of fused-ring (bicyclic) bond motifs is 1. The molecule has 0 radical (unpaired) electrons. The number of anilines is 1. The van der Waals surface area contributed by atoms with Crippen LogP contribution in [-0.4, -0.2) is 42.4 Å². The second-order valence-electron chi connectivity index (χ2n) is 4.77. The number of nitrogens with one attached hydrogen (secondary N) is 1. The number of aliphatic hydroxyl groups excluding tert-OH is 1. The molecule has 0 aliphatic carbocycles. The third-order valence-electron chi connectivity index (χ3n) is 3.15. The minimum absolute atomic E-state index is 0.120. The zero-order valence-electron chi connectivity index (χ0n) is 11.4. The summed E-state index contributed by atoms with van der Waals surface area (Å²) in [7, 11) is 0. The number of ketones is 1. The Hall–Kier alpha value is -2.21. The lowest BCUT2D eigenvalue weighted by atomic mass is 10.0. The van der Waals surface area contributed by atoms with E-state index in [1.54, 1.807) is 13.0 Å². The van der Waals surface area contributed by atoms with Crippen LogP contribution in [0.3, 0.4) is 0 Å². The largest absolute Gasteiger partial charge is 0.395 e. The lowest BCUT2D eigenvalue weighted by molar-refractivity contribution is -0.122. The molecule has 1 aromatic rings. The standard InChI is InChI=1S/C14H16N2O4/c1-8-5-9(2)12-10(6-8)16(14(20)13(12)19)7-11(18)15-3-4-17/h5-6,17H,3-4,7H2,1-2H3,(H,15,18). The van der Waals surface area contributed by atoms with Gasteiger partial charge in [0, 0.05) is 6.54 Å². The number of Topliss-reactive ketones (excluding diaryl/α,β-unsaturated/α-hetero) is 1. The van der Waals surface area contributed by atoms with Crippen LogP contribution >= 0.6 is 0 Å². The monoisotopic (exact) mass is 276 g/mol. The molecule has 0 spiro atoms. The SMILES string of the molecule is Cc1cc(C)c2c(c1)N(CC(=O)NCCO)C(=O)C2=O. The zero-order valence-corrected chi connectivity index (χ0v) is 11.4. The number of aryl methyl sites for hydroxylation is 2. The predicted molar refractivity (Wildman–Crippen MR) is 72.7 cm³/mol. The Morgan fingerprint density at radius 3 is 2.65 bits per heavy atom. The average Bonchev–Trinajstić information content (AvgIpc) is 2.61. The fraction of sp³-hybridized carbons (Fsp3) is 0.357. The molecule has 1 aliphatic rings. The predicted octanol–water partition coefficient (Wildman–Crippen LogP) is -0.0588. The van der Waals surface area contributed by atoms with Gasteiger partial charge in [0.25, 0.3) is 11.7 Å². The van der Waals surface area contributed by atoms with Crippen molar-refractivity contribution in [3.05, 3.63) is 28.8 Å². The lowest BCUT2D eigenvalue weighted by Gasteiger charge is -2.16. The van der Waals surface area contributed by atoms with E-state index in [1.807, 2.05) is 13.0 Å². The van der Waals surface area contributed by atoms with E-state index in [0.717, 1.165) is 11.1 Å². The summed E-state index contributed by atoms with van der Waals surface area (Å²) in [4.78, 5) is 36.8. The molecule has 0 saturated heterocycles. The third kappa shape index (κ3) is 2.42. The van der Waals surface area contributed by atoms with Crippen LogP contribution in [0.1, 0.15) is 21.5 Å². The Balaban J connectivity index is 2.31. The molecular formula is C14H16N2O4. The number of nitrogens with zero attached hydrogens (tertiary/aromatic N) is 1. The average molecular weight is 276 g/mol. The van der Waals surface area contributed by atoms with Gasteiger partial charge in [-0.05, 0) is 31.0 Å². The van der Waals surface area contributed by atoms with Crippen LogP contribution in [0.25, 0.3) is 0 Å². The number of carbonyl (C=O) groups is 3. The van der Waals surface area contributed by atoms with Crippen LogP contribution < -0.4 is 10.2 Å². The van der Waals surface area contributed by atoms with Crippen molar-refractivity contribution in [2.75, 3.05) is 24.6 Å². The molecule has 0 saturated carbocycles. The van der Waals surface area contributed by atoms with Gasteiger partial charge in [-0.1, -0.05) is 6.07 Å². The van der Waals surface area contributed by atoms with Gasteiger partial charge in [0.05, 0.1) is 17.9 Å². The Labute approximate surface area is 116 Å². The number of benzene rings is 1. The van der Waals surface area contributed by atoms with Crippen LogP contribution in [-0.2, 0) is 9.59 Å². The minimum Gasteiger partial charge on any atom is -0.395 e. The fourth-order valence-corrected chi connectivity index (χ4v) is 2.34. The lowest BCUT2D eigenvalue weighted by Crippen LogP contribution is -2.40. The van der Waals surface area contributed by atoms with Gasteiger partial charge in [-0.3, -0.25) is 19.3 Å². The van der Waals surface area contributed by atoms with E-state index in [9.17, 15) is 14.4 Å². The highest BCUT2D eigenvalue weighted by molar-refractivity contribution is 6.53. The number of rotatable bonds is 4. The molecule has 0 aromatic heterocycles. The first-order valence-electron chi connectivity index (χ1n) is 6.30. The summed E-state index contributed by atoms with van der Waals surface area (Å²) >= 11 is 0. The van der Waals surface area contributed by atoms with Gasteiger partial charge in [0.1, 0.15) is 6.54 Å². The highest BCUT2D eigenvalue weighted by Gasteiger charge is 2.37. The molecule has 106 valence electrons. The van der Waals surface area contributed by atoms with E-state index in [-0.39, 0.29) is 19.7 Å². The maximum absolute atomic E-state index is 12.0. The summed E-state index contributed by atoms with van der Waals surface area (Å²) < 4.78 is 0. The Bertz CT molecular complexity index is 595. The summed E-state index contributed by atoms with van der Waals surface area (Å²) in [6.07, 6.45) is 0. The van der Waals surface area contributed by atoms with Crippen LogP contribution in [0, 0.1) is 13.8 Å². The van der Waals surface area contributed by atoms with Crippen molar-refractivity contribution in [2.45, 2.75) is 13.8 Å². The summed E-state index contributed by atoms with van der Waals surface area (Å²) in [6.45, 7) is 3.36. The van der Waals surface area contributed by atoms with Crippen LogP contribution in [0.2, 0.25) is 0 Å². The van der Waals surface area contributed by atoms with Crippen molar-refractivity contribution in [1.82, 2.24) is 5.32 Å². The second-order valence-corrected chi connectivity index (χ2v) is 4.77. The number of hydrogen-bond donors (Lipinski definition) is 2. The van der Waals surface area contributed by atoms with E-state index in [1.165, 1.54) is 4.90 Å². The summed E-state index contributed by atoms with van der Waals surface area (Å²) in [5, 5.41) is 11.1. The number of amides is 2. The van der Waals surface area contributed by atoms with Crippen molar-refractivity contribution < 1.29 is 19.5 Å². The second kappa shape index (κ2) is 5.42. The molecular weight excluding hydrogens is 260 g/mol. The zero-order chi connectivity index (χ0) is 14.9. The summed E-state index contributed by atoms with van der Waals surface area (Å²) in [6, 6.07) is 3.56. The van der Waals surface area contributed by atoms with Gasteiger partial charge < -0.3 is 10.4 Å². The van der Waals surface area contributed by atoms with E-state index in [0.29, 0.717) is 11.3 Å². The van der Waals surface area contributed by atoms with E-state index >= 15 is 0 Å². The molecule has 1 aliphatic heterocycles. The summed E-state index contributed by atoms with van der Waals surface area (Å²) in [5.74, 6) is -1.67. The normalized spacial score (nSPS) is 13.7. The quantitative estimate of drug-likeness (QED) is 0.754. The molecule has 6 heteroatoms. The molecule has 0 unspecified atom stereocenters. The molecule has 0 fully saturated rings. The van der Waals surface area contributed by atoms with Crippen LogP contribution in [0.5, 0.6) is 0 Å². The van der Waals surface area contributed by atoms with Gasteiger partial charge >= 0.3 is 0 Å². The Morgan fingerprint density at radius 1 is 1.30 bits per heavy atom. The van der Waals surface area contributed by atoms with Crippen LogP contribution in [0.15, 0.2) is 12.1 Å². The first kappa shape index (κ1) is 14.2. The highest BCUT2D eigenvalue weighted by atomic mass is 16.3. The number of aliphatic hydroxyl groups is 1. The fourth-order valence-electron chi connectivity index (χ4n) is 2.34. The van der Waals surface area contributed by atoms with Crippen LogP contribution in [0.4, 0.5) is 5.69 Å². The van der Waals surface area contributed by atoms with Crippen molar-refractivity contribution in [2.24, 2.45) is 0 Å². The molecule has 2 rings (SSSR count).